The normalized spacial score (nSPS) is 49.5. The van der Waals surface area contributed by atoms with E-state index in [-0.39, 0.29) is 39.0 Å². The fraction of sp³-hybridized carbons (Fsp3) is 0.933. The van der Waals surface area contributed by atoms with E-state index in [2.05, 4.69) is 65.9 Å². The molecule has 5 aliphatic carbocycles. The van der Waals surface area contributed by atoms with Crippen LogP contribution < -0.4 is 5.32 Å². The van der Waals surface area contributed by atoms with Crippen LogP contribution in [-0.4, -0.2) is 42.8 Å². The van der Waals surface area contributed by atoms with Gasteiger partial charge in [-0.15, -0.1) is 0 Å². The minimum atomic E-state index is -0.0733. The molecule has 0 aromatic rings. The first-order valence-electron chi connectivity index (χ1n) is 14.3. The van der Waals surface area contributed by atoms with Crippen molar-refractivity contribution in [3.05, 3.63) is 0 Å². The lowest BCUT2D eigenvalue weighted by atomic mass is 9.41. The Labute approximate surface area is 208 Å². The molecule has 0 saturated heterocycles. The molecule has 0 aliphatic heterocycles. The topological polar surface area (TPSA) is 49.4 Å². The minimum absolute atomic E-state index is 0.0513. The van der Waals surface area contributed by atoms with Crippen LogP contribution in [0.15, 0.2) is 0 Å². The summed E-state index contributed by atoms with van der Waals surface area (Å²) in [5.74, 6) is 2.52. The monoisotopic (exact) mass is 470 g/mol. The van der Waals surface area contributed by atoms with E-state index < -0.39 is 0 Å². The zero-order valence-corrected chi connectivity index (χ0v) is 23.2. The van der Waals surface area contributed by atoms with Gasteiger partial charge in [0.15, 0.2) is 0 Å². The molecule has 0 aromatic carbocycles. The van der Waals surface area contributed by atoms with Crippen LogP contribution in [0.3, 0.4) is 0 Å². The molecule has 192 valence electrons. The second-order valence-corrected chi connectivity index (χ2v) is 14.5. The number of ketones is 1. The van der Waals surface area contributed by atoms with Gasteiger partial charge < -0.3 is 10.2 Å². The van der Waals surface area contributed by atoms with E-state index in [9.17, 15) is 9.59 Å². The van der Waals surface area contributed by atoms with Gasteiger partial charge >= 0.3 is 0 Å². The van der Waals surface area contributed by atoms with Crippen molar-refractivity contribution in [2.45, 2.75) is 118 Å². The number of carbonyl (C=O) groups is 2. The molecule has 5 rings (SSSR count). The first-order valence-corrected chi connectivity index (χ1v) is 14.3. The fourth-order valence-electron chi connectivity index (χ4n) is 11.0. The van der Waals surface area contributed by atoms with Gasteiger partial charge in [0, 0.05) is 30.3 Å². The summed E-state index contributed by atoms with van der Waals surface area (Å²) in [5, 5.41) is 3.41. The van der Waals surface area contributed by atoms with Crippen LogP contribution in [0.2, 0.25) is 0 Å². The SMILES string of the molecule is CCCC(=O)N[C@@H]1CC[C@]23C[C@]24C(=O)C[C@]2(C)[C@@H]([C@H](C)N(C)C)CC[C@@]2(C)[C@@H]4CC[C@@H]3C1(C)C. The molecule has 1 amide bonds. The lowest BCUT2D eigenvalue weighted by Gasteiger charge is -2.63. The number of fused-ring (bicyclic) bond motifs is 2. The van der Waals surface area contributed by atoms with Crippen LogP contribution in [0.5, 0.6) is 0 Å². The van der Waals surface area contributed by atoms with Crippen molar-refractivity contribution in [1.29, 1.82) is 0 Å². The van der Waals surface area contributed by atoms with E-state index in [4.69, 9.17) is 0 Å². The smallest absolute Gasteiger partial charge is 0.220 e. The summed E-state index contributed by atoms with van der Waals surface area (Å²) in [4.78, 5) is 29.2. The highest BCUT2D eigenvalue weighted by molar-refractivity contribution is 5.92. The Kier molecular flexibility index (Phi) is 5.51. The molecule has 0 bridgehead atoms. The second kappa shape index (κ2) is 7.56. The van der Waals surface area contributed by atoms with Crippen molar-refractivity contribution in [2.75, 3.05) is 14.1 Å². The van der Waals surface area contributed by atoms with Gasteiger partial charge in [0.05, 0.1) is 0 Å². The van der Waals surface area contributed by atoms with Crippen LogP contribution in [0.4, 0.5) is 0 Å². The molecule has 0 heterocycles. The largest absolute Gasteiger partial charge is 0.353 e. The Morgan fingerprint density at radius 3 is 2.35 bits per heavy atom. The molecule has 0 aromatic heterocycles. The van der Waals surface area contributed by atoms with E-state index in [1.54, 1.807) is 0 Å². The fourth-order valence-corrected chi connectivity index (χ4v) is 11.0. The highest BCUT2D eigenvalue weighted by atomic mass is 16.1. The molecule has 9 atom stereocenters. The molecule has 2 spiro atoms. The summed E-state index contributed by atoms with van der Waals surface area (Å²) in [6.07, 6.45) is 10.6. The van der Waals surface area contributed by atoms with Gasteiger partial charge in [-0.2, -0.15) is 0 Å². The average Bonchev–Trinajstić information content (AvgIpc) is 3.37. The standard InChI is InChI=1S/C30H50N2O2/c1-9-10-25(34)31-23-14-16-29-18-30(29)22(12-11-21(29)26(23,3)4)27(5)15-13-20(19(2)32(7)8)28(27,6)17-24(30)33/h19-23H,9-18H2,1-8H3,(H,31,34)/t19-,20+,21+,22-,23+,27-,28+,29+,30-/m0/s1. The third-order valence-corrected chi connectivity index (χ3v) is 13.1. The second-order valence-electron chi connectivity index (χ2n) is 14.5. The van der Waals surface area contributed by atoms with Gasteiger partial charge in [-0.3, -0.25) is 9.59 Å². The number of nitrogens with one attached hydrogen (secondary N) is 1. The molecule has 4 nitrogen and oxygen atoms in total. The van der Waals surface area contributed by atoms with Gasteiger partial charge in [-0.1, -0.05) is 34.6 Å². The van der Waals surface area contributed by atoms with E-state index in [0.29, 0.717) is 36.0 Å². The quantitative estimate of drug-likeness (QED) is 0.549. The van der Waals surface area contributed by atoms with Crippen LogP contribution in [0.25, 0.3) is 0 Å². The lowest BCUT2D eigenvalue weighted by Crippen LogP contribution is -2.62. The summed E-state index contributed by atoms with van der Waals surface area (Å²) in [5.41, 5.74) is 0.547. The summed E-state index contributed by atoms with van der Waals surface area (Å²) in [7, 11) is 4.41. The van der Waals surface area contributed by atoms with E-state index in [0.717, 1.165) is 32.1 Å². The number of nitrogens with zero attached hydrogens (tertiary/aromatic N) is 1. The maximum Gasteiger partial charge on any atom is 0.220 e. The molecule has 5 fully saturated rings. The van der Waals surface area contributed by atoms with Crippen molar-refractivity contribution in [2.24, 2.45) is 44.8 Å². The lowest BCUT2D eigenvalue weighted by molar-refractivity contribution is -0.170. The summed E-state index contributed by atoms with van der Waals surface area (Å²) in [6.45, 7) is 14.3. The maximum atomic E-state index is 14.3. The third-order valence-electron chi connectivity index (χ3n) is 13.1. The predicted molar refractivity (Wildman–Crippen MR) is 137 cm³/mol. The number of hydrogen-bond donors (Lipinski definition) is 1. The molecule has 4 heteroatoms. The Morgan fingerprint density at radius 2 is 1.71 bits per heavy atom. The maximum absolute atomic E-state index is 14.3. The number of Topliss-reactive ketones (excluding diaryl/α,β-unsaturated/α-hetero) is 1. The van der Waals surface area contributed by atoms with Gasteiger partial charge in [0.2, 0.25) is 5.91 Å². The van der Waals surface area contributed by atoms with Crippen LogP contribution in [-0.2, 0) is 9.59 Å². The molecule has 34 heavy (non-hydrogen) atoms. The van der Waals surface area contributed by atoms with Crippen LogP contribution >= 0.6 is 0 Å². The first kappa shape index (κ1) is 24.8. The number of carbonyl (C=O) groups excluding carboxylic acids is 2. The average molecular weight is 471 g/mol. The van der Waals surface area contributed by atoms with Gasteiger partial charge in [0.25, 0.3) is 0 Å². The van der Waals surface area contributed by atoms with E-state index in [1.165, 1.54) is 25.7 Å². The molecule has 0 unspecified atom stereocenters. The Hall–Kier alpha value is -0.900. The summed E-state index contributed by atoms with van der Waals surface area (Å²) >= 11 is 0. The van der Waals surface area contributed by atoms with E-state index in [1.807, 2.05) is 0 Å². The van der Waals surface area contributed by atoms with E-state index >= 15 is 0 Å². The summed E-state index contributed by atoms with van der Waals surface area (Å²) in [6, 6.07) is 0.756. The summed E-state index contributed by atoms with van der Waals surface area (Å²) < 4.78 is 0. The van der Waals surface area contributed by atoms with Crippen molar-refractivity contribution in [3.8, 4) is 0 Å². The Balaban J connectivity index is 1.46. The molecule has 1 N–H and O–H groups in total. The van der Waals surface area contributed by atoms with Crippen molar-refractivity contribution in [1.82, 2.24) is 10.2 Å². The Morgan fingerprint density at radius 1 is 1.03 bits per heavy atom. The van der Waals surface area contributed by atoms with Crippen LogP contribution in [0.1, 0.15) is 106 Å². The third kappa shape index (κ3) is 2.81. The molecule has 5 aliphatic rings. The molecular weight excluding hydrogens is 420 g/mol. The van der Waals surface area contributed by atoms with Gasteiger partial charge in [-0.25, -0.2) is 0 Å². The highest BCUT2D eigenvalue weighted by Crippen LogP contribution is 2.87. The predicted octanol–water partition coefficient (Wildman–Crippen LogP) is 5.84. The first-order chi connectivity index (χ1) is 15.8. The van der Waals surface area contributed by atoms with Crippen molar-refractivity contribution >= 4 is 11.7 Å². The number of hydrogen-bond acceptors (Lipinski definition) is 3. The highest BCUT2D eigenvalue weighted by Gasteiger charge is 2.85. The zero-order chi connectivity index (χ0) is 24.9. The Bertz CT molecular complexity index is 881. The van der Waals surface area contributed by atoms with Crippen molar-refractivity contribution < 1.29 is 9.59 Å². The van der Waals surface area contributed by atoms with Gasteiger partial charge in [0.1, 0.15) is 5.78 Å². The van der Waals surface area contributed by atoms with Crippen LogP contribution in [0, 0.1) is 44.8 Å². The zero-order valence-electron chi connectivity index (χ0n) is 23.2. The molecule has 0 radical (unpaired) electrons. The number of rotatable bonds is 5. The number of amides is 1. The molecular formula is C30H50N2O2. The van der Waals surface area contributed by atoms with Gasteiger partial charge in [-0.05, 0) is 112 Å². The molecule has 5 saturated carbocycles. The minimum Gasteiger partial charge on any atom is -0.353 e. The van der Waals surface area contributed by atoms with Crippen molar-refractivity contribution in [3.63, 3.8) is 0 Å².